The summed E-state index contributed by atoms with van der Waals surface area (Å²) in [5.41, 5.74) is 7.20. The van der Waals surface area contributed by atoms with Crippen LogP contribution in [0.1, 0.15) is 5.01 Å². The predicted octanol–water partition coefficient (Wildman–Crippen LogP) is 2.81. The van der Waals surface area contributed by atoms with Crippen LogP contribution in [-0.2, 0) is 6.54 Å². The molecular formula is C15H17FN4S2. The highest BCUT2D eigenvalue weighted by atomic mass is 32.2. The van der Waals surface area contributed by atoms with Crippen molar-refractivity contribution in [3.8, 4) is 11.3 Å². The van der Waals surface area contributed by atoms with Gasteiger partial charge in [-0.3, -0.25) is 0 Å². The first kappa shape index (κ1) is 15.3. The molecule has 0 radical (unpaired) electrons. The molecule has 2 N–H and O–H groups in total. The Labute approximate surface area is 137 Å². The molecule has 1 aromatic heterocycles. The highest BCUT2D eigenvalue weighted by molar-refractivity contribution is 7.99. The molecule has 2 heterocycles. The zero-order valence-corrected chi connectivity index (χ0v) is 13.7. The number of rotatable bonds is 3. The van der Waals surface area contributed by atoms with Gasteiger partial charge in [0.25, 0.3) is 0 Å². The van der Waals surface area contributed by atoms with Crippen molar-refractivity contribution >= 4 is 29.1 Å². The first-order valence-electron chi connectivity index (χ1n) is 7.06. The molecule has 1 aliphatic heterocycles. The summed E-state index contributed by atoms with van der Waals surface area (Å²) in [6.45, 7) is 2.32. The molecule has 7 heteroatoms. The fourth-order valence-electron chi connectivity index (χ4n) is 2.22. The van der Waals surface area contributed by atoms with Gasteiger partial charge in [0, 0.05) is 35.5 Å². The summed E-state index contributed by atoms with van der Waals surface area (Å²) in [6, 6.07) is 6.66. The Balaban J connectivity index is 1.68. The number of nitrogens with zero attached hydrogens (tertiary/aromatic N) is 3. The van der Waals surface area contributed by atoms with Crippen molar-refractivity contribution in [3.63, 3.8) is 0 Å². The summed E-state index contributed by atoms with van der Waals surface area (Å²) in [7, 11) is 0. The number of hydrogen-bond acceptors (Lipinski definition) is 4. The van der Waals surface area contributed by atoms with Gasteiger partial charge in [0.05, 0.1) is 12.2 Å². The van der Waals surface area contributed by atoms with Crippen LogP contribution in [0.5, 0.6) is 0 Å². The lowest BCUT2D eigenvalue weighted by molar-refractivity contribution is 0.455. The average molecular weight is 336 g/mol. The van der Waals surface area contributed by atoms with Gasteiger partial charge in [-0.05, 0) is 12.1 Å². The van der Waals surface area contributed by atoms with E-state index < -0.39 is 0 Å². The van der Waals surface area contributed by atoms with Gasteiger partial charge in [-0.25, -0.2) is 14.4 Å². The molecule has 4 nitrogen and oxygen atoms in total. The SMILES string of the molecule is NC(=NCc1nc(-c2ccccc2F)cs1)N1CCSCC1. The van der Waals surface area contributed by atoms with E-state index in [0.29, 0.717) is 23.8 Å². The van der Waals surface area contributed by atoms with E-state index in [4.69, 9.17) is 5.73 Å². The first-order chi connectivity index (χ1) is 10.7. The van der Waals surface area contributed by atoms with Crippen LogP contribution in [0, 0.1) is 5.82 Å². The van der Waals surface area contributed by atoms with Gasteiger partial charge in [-0.15, -0.1) is 11.3 Å². The number of nitrogens with two attached hydrogens (primary N) is 1. The fourth-order valence-corrected chi connectivity index (χ4v) is 3.84. The zero-order valence-electron chi connectivity index (χ0n) is 12.0. The minimum Gasteiger partial charge on any atom is -0.370 e. The van der Waals surface area contributed by atoms with E-state index in [1.54, 1.807) is 12.1 Å². The van der Waals surface area contributed by atoms with E-state index in [2.05, 4.69) is 14.9 Å². The van der Waals surface area contributed by atoms with Gasteiger partial charge in [0.15, 0.2) is 5.96 Å². The number of guanidine groups is 1. The molecule has 22 heavy (non-hydrogen) atoms. The minimum absolute atomic E-state index is 0.256. The highest BCUT2D eigenvalue weighted by Crippen LogP contribution is 2.24. The van der Waals surface area contributed by atoms with Gasteiger partial charge in [0.2, 0.25) is 0 Å². The molecule has 1 fully saturated rings. The van der Waals surface area contributed by atoms with E-state index in [9.17, 15) is 4.39 Å². The van der Waals surface area contributed by atoms with Gasteiger partial charge >= 0.3 is 0 Å². The molecule has 0 spiro atoms. The Hall–Kier alpha value is -1.60. The molecule has 1 saturated heterocycles. The second-order valence-corrected chi connectivity index (χ2v) is 7.05. The molecule has 0 saturated carbocycles. The zero-order chi connectivity index (χ0) is 15.4. The number of thiazole rings is 1. The van der Waals surface area contributed by atoms with Crippen LogP contribution in [0.2, 0.25) is 0 Å². The van der Waals surface area contributed by atoms with Crippen molar-refractivity contribution in [2.75, 3.05) is 24.6 Å². The molecule has 3 rings (SSSR count). The molecule has 0 unspecified atom stereocenters. The summed E-state index contributed by atoms with van der Waals surface area (Å²) in [6.07, 6.45) is 0. The second kappa shape index (κ2) is 7.11. The van der Waals surface area contributed by atoms with Crippen LogP contribution >= 0.6 is 23.1 Å². The fraction of sp³-hybridized carbons (Fsp3) is 0.333. The normalized spacial score (nSPS) is 16.0. The summed E-state index contributed by atoms with van der Waals surface area (Å²) < 4.78 is 13.7. The van der Waals surface area contributed by atoms with Gasteiger partial charge in [-0.2, -0.15) is 11.8 Å². The number of benzene rings is 1. The lowest BCUT2D eigenvalue weighted by Crippen LogP contribution is -2.42. The largest absolute Gasteiger partial charge is 0.370 e. The van der Waals surface area contributed by atoms with Crippen molar-refractivity contribution in [1.29, 1.82) is 0 Å². The maximum atomic E-state index is 13.7. The maximum Gasteiger partial charge on any atom is 0.191 e. The summed E-state index contributed by atoms with van der Waals surface area (Å²) in [4.78, 5) is 11.0. The highest BCUT2D eigenvalue weighted by Gasteiger charge is 2.13. The van der Waals surface area contributed by atoms with E-state index in [-0.39, 0.29) is 5.82 Å². The second-order valence-electron chi connectivity index (χ2n) is 4.88. The monoisotopic (exact) mass is 336 g/mol. The van der Waals surface area contributed by atoms with Crippen molar-refractivity contribution in [2.45, 2.75) is 6.54 Å². The Kier molecular flexibility index (Phi) is 4.94. The third-order valence-corrected chi connectivity index (χ3v) is 5.19. The Morgan fingerprint density at radius 3 is 2.86 bits per heavy atom. The van der Waals surface area contributed by atoms with Gasteiger partial charge in [0.1, 0.15) is 10.8 Å². The average Bonchev–Trinajstić information content (AvgIpc) is 3.02. The minimum atomic E-state index is -0.256. The van der Waals surface area contributed by atoms with Crippen LogP contribution in [0.3, 0.4) is 0 Å². The number of thioether (sulfide) groups is 1. The van der Waals surface area contributed by atoms with Crippen molar-refractivity contribution in [1.82, 2.24) is 9.88 Å². The van der Waals surface area contributed by atoms with Gasteiger partial charge in [-0.1, -0.05) is 12.1 Å². The smallest absolute Gasteiger partial charge is 0.191 e. The lowest BCUT2D eigenvalue weighted by Gasteiger charge is -2.27. The Morgan fingerprint density at radius 1 is 1.32 bits per heavy atom. The quantitative estimate of drug-likeness (QED) is 0.692. The maximum absolute atomic E-state index is 13.7. The number of hydrogen-bond donors (Lipinski definition) is 1. The van der Waals surface area contributed by atoms with Crippen molar-refractivity contribution < 1.29 is 4.39 Å². The van der Waals surface area contributed by atoms with E-state index in [0.717, 1.165) is 29.6 Å². The predicted molar refractivity (Wildman–Crippen MR) is 91.7 cm³/mol. The van der Waals surface area contributed by atoms with Crippen LogP contribution in [0.25, 0.3) is 11.3 Å². The summed E-state index contributed by atoms with van der Waals surface area (Å²) in [5.74, 6) is 2.49. The van der Waals surface area contributed by atoms with Crippen LogP contribution in [0.4, 0.5) is 4.39 Å². The first-order valence-corrected chi connectivity index (χ1v) is 9.09. The molecule has 0 bridgehead atoms. The Bertz CT molecular complexity index is 665. The molecule has 0 atom stereocenters. The number of aromatic nitrogens is 1. The standard InChI is InChI=1S/C15H17FN4S2/c16-12-4-2-1-3-11(12)13-10-22-14(19-13)9-18-15(17)20-5-7-21-8-6-20/h1-4,10H,5-9H2,(H2,17,18). The topological polar surface area (TPSA) is 54.5 Å². The van der Waals surface area contributed by atoms with Crippen LogP contribution in [0.15, 0.2) is 34.6 Å². The molecule has 2 aromatic rings. The molecule has 1 aromatic carbocycles. The molecule has 116 valence electrons. The van der Waals surface area contributed by atoms with E-state index >= 15 is 0 Å². The van der Waals surface area contributed by atoms with Crippen molar-refractivity contribution in [2.24, 2.45) is 10.7 Å². The van der Waals surface area contributed by atoms with Gasteiger partial charge < -0.3 is 10.6 Å². The molecular weight excluding hydrogens is 319 g/mol. The van der Waals surface area contributed by atoms with E-state index in [1.807, 2.05) is 23.2 Å². The lowest BCUT2D eigenvalue weighted by atomic mass is 10.2. The molecule has 0 aliphatic carbocycles. The van der Waals surface area contributed by atoms with Crippen LogP contribution in [-0.4, -0.2) is 40.4 Å². The van der Waals surface area contributed by atoms with Crippen LogP contribution < -0.4 is 5.73 Å². The van der Waals surface area contributed by atoms with E-state index in [1.165, 1.54) is 17.4 Å². The number of aliphatic imine (C=N–C) groups is 1. The number of halogens is 1. The summed E-state index contributed by atoms with van der Waals surface area (Å²) in [5, 5.41) is 2.70. The molecule has 1 aliphatic rings. The molecule has 0 amide bonds. The third kappa shape index (κ3) is 3.59. The summed E-state index contributed by atoms with van der Waals surface area (Å²) >= 11 is 3.41. The third-order valence-electron chi connectivity index (χ3n) is 3.41. The Morgan fingerprint density at radius 2 is 2.09 bits per heavy atom. The van der Waals surface area contributed by atoms with Crippen molar-refractivity contribution in [3.05, 3.63) is 40.5 Å².